The van der Waals surface area contributed by atoms with Crippen molar-refractivity contribution in [3.8, 4) is 0 Å². The molecule has 0 aromatic heterocycles. The number of urea groups is 1. The van der Waals surface area contributed by atoms with Gasteiger partial charge in [-0.05, 0) is 13.3 Å². The quantitative estimate of drug-likeness (QED) is 0.514. The number of amides is 3. The summed E-state index contributed by atoms with van der Waals surface area (Å²) in [6.07, 6.45) is -0.627. The fraction of sp³-hybridized carbons (Fsp3) is 0.727. The van der Waals surface area contributed by atoms with Crippen molar-refractivity contribution in [2.75, 3.05) is 6.54 Å². The van der Waals surface area contributed by atoms with Gasteiger partial charge in [0.1, 0.15) is 11.6 Å². The number of carbonyl (C=O) groups excluding carboxylic acids is 2. The molecule has 0 aromatic rings. The fourth-order valence-electron chi connectivity index (χ4n) is 1.90. The van der Waals surface area contributed by atoms with E-state index in [9.17, 15) is 19.5 Å². The molecule has 1 unspecified atom stereocenters. The number of primary amides is 1. The number of nitrogens with one attached hydrogen (secondary N) is 1. The number of hydrogen-bond acceptors (Lipinski definition) is 4. The van der Waals surface area contributed by atoms with Gasteiger partial charge in [-0.25, -0.2) is 9.59 Å². The van der Waals surface area contributed by atoms with E-state index < -0.39 is 35.6 Å². The van der Waals surface area contributed by atoms with E-state index >= 15 is 0 Å². The van der Waals surface area contributed by atoms with Crippen molar-refractivity contribution in [3.63, 3.8) is 0 Å². The van der Waals surface area contributed by atoms with E-state index in [0.29, 0.717) is 0 Å². The first-order valence-electron chi connectivity index (χ1n) is 6.00. The predicted octanol–water partition coefficient (Wildman–Crippen LogP) is -1.13. The van der Waals surface area contributed by atoms with E-state index in [4.69, 9.17) is 10.8 Å². The van der Waals surface area contributed by atoms with Crippen molar-refractivity contribution in [2.24, 2.45) is 5.73 Å². The van der Waals surface area contributed by atoms with Crippen molar-refractivity contribution in [1.29, 1.82) is 0 Å². The van der Waals surface area contributed by atoms with E-state index in [0.717, 1.165) is 4.90 Å². The molecule has 0 aliphatic carbocycles. The molecule has 1 fully saturated rings. The van der Waals surface area contributed by atoms with E-state index in [1.807, 2.05) is 0 Å². The second-order valence-corrected chi connectivity index (χ2v) is 4.88. The minimum atomic E-state index is -1.24. The van der Waals surface area contributed by atoms with Gasteiger partial charge in [-0.3, -0.25) is 4.79 Å². The summed E-state index contributed by atoms with van der Waals surface area (Å²) >= 11 is 0. The summed E-state index contributed by atoms with van der Waals surface area (Å²) in [5, 5.41) is 20.9. The van der Waals surface area contributed by atoms with Gasteiger partial charge in [0.25, 0.3) is 0 Å². The van der Waals surface area contributed by atoms with Gasteiger partial charge in [0.2, 0.25) is 5.91 Å². The largest absolute Gasteiger partial charge is 0.480 e. The number of hydrogen-bond donors (Lipinski definition) is 4. The maximum atomic E-state index is 12.0. The van der Waals surface area contributed by atoms with Crippen LogP contribution in [0.1, 0.15) is 26.7 Å². The zero-order chi connectivity index (χ0) is 14.8. The summed E-state index contributed by atoms with van der Waals surface area (Å²) in [5.74, 6) is -1.89. The number of aliphatic carboxylic acids is 1. The second kappa shape index (κ2) is 5.43. The summed E-state index contributed by atoms with van der Waals surface area (Å²) in [5.41, 5.74) is 3.97. The van der Waals surface area contributed by atoms with Crippen LogP contribution in [0.5, 0.6) is 0 Å². The van der Waals surface area contributed by atoms with Gasteiger partial charge in [-0.2, -0.15) is 0 Å². The number of aliphatic hydroxyl groups is 1. The zero-order valence-electron chi connectivity index (χ0n) is 10.9. The number of rotatable bonds is 4. The fourth-order valence-corrected chi connectivity index (χ4v) is 1.90. The molecule has 1 heterocycles. The van der Waals surface area contributed by atoms with Gasteiger partial charge < -0.3 is 26.2 Å². The maximum absolute atomic E-state index is 12.0. The van der Waals surface area contributed by atoms with Crippen LogP contribution in [0.4, 0.5) is 4.79 Å². The van der Waals surface area contributed by atoms with Crippen molar-refractivity contribution >= 4 is 17.9 Å². The molecule has 3 amide bonds. The minimum Gasteiger partial charge on any atom is -0.480 e. The number of nitrogens with zero attached hydrogens (tertiary/aromatic N) is 1. The summed E-state index contributed by atoms with van der Waals surface area (Å²) in [4.78, 5) is 35.3. The Balaban J connectivity index is 2.82. The molecular formula is C11H19N3O5. The van der Waals surface area contributed by atoms with Crippen LogP contribution in [0.15, 0.2) is 0 Å². The van der Waals surface area contributed by atoms with Gasteiger partial charge in [0, 0.05) is 13.0 Å². The number of nitrogens with two attached hydrogens (primary N) is 1. The summed E-state index contributed by atoms with van der Waals surface area (Å²) < 4.78 is 0. The van der Waals surface area contributed by atoms with Crippen LogP contribution < -0.4 is 11.1 Å². The number of carboxylic acid groups (broad SMARTS) is 1. The molecule has 1 aliphatic rings. The molecule has 108 valence electrons. The lowest BCUT2D eigenvalue weighted by Crippen LogP contribution is -2.59. The summed E-state index contributed by atoms with van der Waals surface area (Å²) in [6.45, 7) is 3.06. The van der Waals surface area contributed by atoms with Crippen LogP contribution in [0, 0.1) is 0 Å². The molecule has 19 heavy (non-hydrogen) atoms. The van der Waals surface area contributed by atoms with E-state index in [2.05, 4.69) is 5.32 Å². The standard InChI is InChI=1S/C11H19N3O5/c1-3-11(2,9(12)18)13-10(19)14-5-6(15)4-7(14)8(16)17/h6-7,15H,3-5H2,1-2H3,(H2,12,18)(H,13,19)(H,16,17)/t6-,7+,11?/m1/s1. The van der Waals surface area contributed by atoms with Gasteiger partial charge in [-0.1, -0.05) is 6.92 Å². The molecule has 8 heteroatoms. The lowest BCUT2D eigenvalue weighted by atomic mass is 9.98. The molecule has 0 aromatic carbocycles. The smallest absolute Gasteiger partial charge is 0.326 e. The van der Waals surface area contributed by atoms with E-state index in [1.165, 1.54) is 6.92 Å². The third-order valence-corrected chi connectivity index (χ3v) is 3.46. The van der Waals surface area contributed by atoms with E-state index in [1.54, 1.807) is 6.92 Å². The van der Waals surface area contributed by atoms with Crippen LogP contribution in [-0.2, 0) is 9.59 Å². The first kappa shape index (κ1) is 15.2. The molecule has 1 saturated heterocycles. The number of carboxylic acids is 1. The highest BCUT2D eigenvalue weighted by molar-refractivity contribution is 5.91. The Hall–Kier alpha value is -1.83. The Morgan fingerprint density at radius 3 is 2.47 bits per heavy atom. The Kier molecular flexibility index (Phi) is 4.35. The molecule has 0 spiro atoms. The van der Waals surface area contributed by atoms with Crippen molar-refractivity contribution in [1.82, 2.24) is 10.2 Å². The van der Waals surface area contributed by atoms with Crippen LogP contribution in [-0.4, -0.2) is 57.3 Å². The molecule has 8 nitrogen and oxygen atoms in total. The first-order chi connectivity index (χ1) is 8.71. The van der Waals surface area contributed by atoms with Gasteiger partial charge >= 0.3 is 12.0 Å². The van der Waals surface area contributed by atoms with Crippen molar-refractivity contribution in [3.05, 3.63) is 0 Å². The second-order valence-electron chi connectivity index (χ2n) is 4.88. The molecule has 1 aliphatic heterocycles. The average Bonchev–Trinajstić information content (AvgIpc) is 2.71. The lowest BCUT2D eigenvalue weighted by molar-refractivity contribution is -0.141. The third-order valence-electron chi connectivity index (χ3n) is 3.46. The highest BCUT2D eigenvalue weighted by Crippen LogP contribution is 2.19. The van der Waals surface area contributed by atoms with Crippen LogP contribution in [0.2, 0.25) is 0 Å². The monoisotopic (exact) mass is 273 g/mol. The number of aliphatic hydroxyl groups excluding tert-OH is 1. The Morgan fingerprint density at radius 1 is 1.47 bits per heavy atom. The van der Waals surface area contributed by atoms with Crippen molar-refractivity contribution < 1.29 is 24.6 Å². The topological polar surface area (TPSA) is 133 Å². The summed E-state index contributed by atoms with van der Waals surface area (Å²) in [6, 6.07) is -1.81. The molecule has 0 bridgehead atoms. The van der Waals surface area contributed by atoms with Crippen LogP contribution in [0.25, 0.3) is 0 Å². The molecule has 3 atom stereocenters. The Morgan fingerprint density at radius 2 is 2.05 bits per heavy atom. The summed E-state index contributed by atoms with van der Waals surface area (Å²) in [7, 11) is 0. The lowest BCUT2D eigenvalue weighted by Gasteiger charge is -2.30. The number of β-amino-alcohol motifs (C(OH)–C–C–N with tert-alkyl or cyclic N) is 1. The number of likely N-dealkylation sites (tertiary alicyclic amines) is 1. The molecule has 1 rings (SSSR count). The maximum Gasteiger partial charge on any atom is 0.326 e. The van der Waals surface area contributed by atoms with Gasteiger partial charge in [0.05, 0.1) is 6.10 Å². The molecule has 0 radical (unpaired) electrons. The number of carbonyl (C=O) groups is 3. The van der Waals surface area contributed by atoms with Crippen LogP contribution >= 0.6 is 0 Å². The predicted molar refractivity (Wildman–Crippen MR) is 65.2 cm³/mol. The highest BCUT2D eigenvalue weighted by Gasteiger charge is 2.41. The van der Waals surface area contributed by atoms with Crippen molar-refractivity contribution in [2.45, 2.75) is 44.4 Å². The normalized spacial score (nSPS) is 25.7. The molecular weight excluding hydrogens is 254 g/mol. The zero-order valence-corrected chi connectivity index (χ0v) is 10.9. The first-order valence-corrected chi connectivity index (χ1v) is 6.00. The van der Waals surface area contributed by atoms with Crippen LogP contribution in [0.3, 0.4) is 0 Å². The molecule has 5 N–H and O–H groups in total. The Labute approximate surface area is 110 Å². The average molecular weight is 273 g/mol. The Bertz CT molecular complexity index is 400. The SMILES string of the molecule is CCC(C)(NC(=O)N1C[C@H](O)C[C@H]1C(=O)O)C(N)=O. The highest BCUT2D eigenvalue weighted by atomic mass is 16.4. The third kappa shape index (κ3) is 3.14. The van der Waals surface area contributed by atoms with E-state index in [-0.39, 0.29) is 19.4 Å². The van der Waals surface area contributed by atoms with Gasteiger partial charge in [-0.15, -0.1) is 0 Å². The molecule has 0 saturated carbocycles. The minimum absolute atomic E-state index is 0.0256. The van der Waals surface area contributed by atoms with Gasteiger partial charge in [0.15, 0.2) is 0 Å².